The van der Waals surface area contributed by atoms with Crippen molar-refractivity contribution in [1.29, 1.82) is 0 Å². The molecule has 0 heterocycles. The Balaban J connectivity index is 1.73. The first kappa shape index (κ1) is 17.3. The highest BCUT2D eigenvalue weighted by Crippen LogP contribution is 2.34. The third-order valence-electron chi connectivity index (χ3n) is 4.31. The van der Waals surface area contributed by atoms with Gasteiger partial charge in [-0.1, -0.05) is 44.0 Å². The van der Waals surface area contributed by atoms with Gasteiger partial charge in [0.1, 0.15) is 0 Å². The quantitative estimate of drug-likeness (QED) is 0.741. The smallest absolute Gasteiger partial charge is 0.0774 e. The number of aliphatic hydroxyl groups excluding tert-OH is 1. The minimum atomic E-state index is -0.181. The minimum Gasteiger partial charge on any atom is -0.392 e. The third kappa shape index (κ3) is 5.56. The van der Waals surface area contributed by atoms with Crippen LogP contribution in [0.2, 0.25) is 0 Å². The van der Waals surface area contributed by atoms with E-state index in [1.165, 1.54) is 19.3 Å². The summed E-state index contributed by atoms with van der Waals surface area (Å²) < 4.78 is 6.07. The van der Waals surface area contributed by atoms with Crippen LogP contribution >= 0.6 is 23.5 Å². The summed E-state index contributed by atoms with van der Waals surface area (Å²) >= 11 is 3.29. The van der Waals surface area contributed by atoms with Gasteiger partial charge in [0, 0.05) is 15.4 Å². The molecule has 0 radical (unpaired) electrons. The van der Waals surface area contributed by atoms with Crippen LogP contribution in [-0.4, -0.2) is 34.4 Å². The number of hydrogen-bond acceptors (Lipinski definition) is 4. The maximum absolute atomic E-state index is 10.0. The summed E-state index contributed by atoms with van der Waals surface area (Å²) in [4.78, 5) is 1.04. The molecule has 0 amide bonds. The molecular formula is C17H26O2S2. The number of rotatable bonds is 6. The molecule has 0 saturated heterocycles. The summed E-state index contributed by atoms with van der Waals surface area (Å²) in [5, 5.41) is 13.5. The molecule has 2 nitrogen and oxygen atoms in total. The standard InChI is InChI=1S/C17H26O2S2/c1-3-20-17-11-7-5-9-15(17)19-12-13(2)21-16-10-6-4-8-14(16)18/h1,14-18H,2,4-12H2. The van der Waals surface area contributed by atoms with Gasteiger partial charge in [0.15, 0.2) is 0 Å². The molecule has 2 aliphatic rings. The number of aliphatic hydroxyl groups is 1. The molecule has 4 unspecified atom stereocenters. The fourth-order valence-electron chi connectivity index (χ4n) is 3.14. The van der Waals surface area contributed by atoms with E-state index in [0.29, 0.717) is 17.1 Å². The summed E-state index contributed by atoms with van der Waals surface area (Å²) in [5.41, 5.74) is 0. The third-order valence-corrected chi connectivity index (χ3v) is 6.59. The average molecular weight is 327 g/mol. The number of terminal acetylenes is 1. The Bertz CT molecular complexity index is 377. The summed E-state index contributed by atoms with van der Waals surface area (Å²) in [6.45, 7) is 4.70. The van der Waals surface area contributed by atoms with Gasteiger partial charge in [-0.15, -0.1) is 18.2 Å². The zero-order valence-electron chi connectivity index (χ0n) is 12.6. The van der Waals surface area contributed by atoms with Gasteiger partial charge in [-0.25, -0.2) is 0 Å². The monoisotopic (exact) mass is 326 g/mol. The van der Waals surface area contributed by atoms with E-state index in [1.807, 2.05) is 0 Å². The number of hydrogen-bond donors (Lipinski definition) is 1. The van der Waals surface area contributed by atoms with Gasteiger partial charge >= 0.3 is 0 Å². The second-order valence-corrected chi connectivity index (χ2v) is 8.45. The van der Waals surface area contributed by atoms with Gasteiger partial charge < -0.3 is 9.84 Å². The van der Waals surface area contributed by atoms with Crippen LogP contribution in [0.5, 0.6) is 0 Å². The normalized spacial score (nSPS) is 33.3. The van der Waals surface area contributed by atoms with Crippen molar-refractivity contribution in [3.8, 4) is 11.7 Å². The van der Waals surface area contributed by atoms with Crippen molar-refractivity contribution >= 4 is 23.5 Å². The predicted octanol–water partition coefficient (Wildman–Crippen LogP) is 4.19. The Morgan fingerprint density at radius 3 is 2.52 bits per heavy atom. The highest BCUT2D eigenvalue weighted by molar-refractivity contribution is 8.04. The van der Waals surface area contributed by atoms with Gasteiger partial charge in [-0.05, 0) is 30.9 Å². The maximum atomic E-state index is 10.0. The van der Waals surface area contributed by atoms with E-state index in [4.69, 9.17) is 11.2 Å². The largest absolute Gasteiger partial charge is 0.392 e. The van der Waals surface area contributed by atoms with Crippen molar-refractivity contribution in [1.82, 2.24) is 0 Å². The average Bonchev–Trinajstić information content (AvgIpc) is 2.49. The zero-order valence-corrected chi connectivity index (χ0v) is 14.3. The lowest BCUT2D eigenvalue weighted by Crippen LogP contribution is -2.31. The lowest BCUT2D eigenvalue weighted by Gasteiger charge is -2.31. The Labute approximate surface area is 137 Å². The van der Waals surface area contributed by atoms with E-state index >= 15 is 0 Å². The summed E-state index contributed by atoms with van der Waals surface area (Å²) in [6.07, 6.45) is 14.6. The number of thioether (sulfide) groups is 2. The second-order valence-electron chi connectivity index (χ2n) is 5.95. The lowest BCUT2D eigenvalue weighted by molar-refractivity contribution is 0.0504. The topological polar surface area (TPSA) is 29.5 Å². The molecule has 0 aromatic rings. The van der Waals surface area contributed by atoms with Gasteiger partial charge in [0.2, 0.25) is 0 Å². The van der Waals surface area contributed by atoms with Crippen LogP contribution in [0, 0.1) is 11.7 Å². The van der Waals surface area contributed by atoms with E-state index in [1.54, 1.807) is 23.5 Å². The molecule has 118 valence electrons. The molecular weight excluding hydrogens is 300 g/mol. The van der Waals surface area contributed by atoms with Gasteiger partial charge in [-0.2, -0.15) is 0 Å². The molecule has 0 aromatic carbocycles. The molecule has 4 atom stereocenters. The van der Waals surface area contributed by atoms with Crippen LogP contribution < -0.4 is 0 Å². The Morgan fingerprint density at radius 2 is 1.81 bits per heavy atom. The molecule has 2 aliphatic carbocycles. The van der Waals surface area contributed by atoms with Crippen molar-refractivity contribution < 1.29 is 9.84 Å². The Kier molecular flexibility index (Phi) is 7.53. The highest BCUT2D eigenvalue weighted by atomic mass is 32.2. The van der Waals surface area contributed by atoms with Crippen molar-refractivity contribution in [2.24, 2.45) is 0 Å². The van der Waals surface area contributed by atoms with E-state index in [0.717, 1.165) is 37.0 Å². The van der Waals surface area contributed by atoms with E-state index in [9.17, 15) is 5.11 Å². The highest BCUT2D eigenvalue weighted by Gasteiger charge is 2.27. The van der Waals surface area contributed by atoms with E-state index in [-0.39, 0.29) is 12.2 Å². The fraction of sp³-hybridized carbons (Fsp3) is 0.765. The van der Waals surface area contributed by atoms with Crippen LogP contribution in [0.1, 0.15) is 51.4 Å². The fourth-order valence-corrected chi connectivity index (χ4v) is 5.11. The van der Waals surface area contributed by atoms with Crippen LogP contribution in [0.25, 0.3) is 0 Å². The Hall–Kier alpha value is -0.0800. The van der Waals surface area contributed by atoms with Crippen molar-refractivity contribution in [3.63, 3.8) is 0 Å². The molecule has 21 heavy (non-hydrogen) atoms. The van der Waals surface area contributed by atoms with Crippen LogP contribution in [-0.2, 0) is 4.74 Å². The summed E-state index contributed by atoms with van der Waals surface area (Å²) in [6, 6.07) is 0. The molecule has 2 rings (SSSR count). The SMILES string of the molecule is C#CSC1CCCCC1OCC(=C)SC1CCCCC1O. The molecule has 2 saturated carbocycles. The van der Waals surface area contributed by atoms with Crippen LogP contribution in [0.4, 0.5) is 0 Å². The first-order valence-corrected chi connectivity index (χ1v) is 9.72. The summed E-state index contributed by atoms with van der Waals surface area (Å²) in [7, 11) is 0. The van der Waals surface area contributed by atoms with E-state index < -0.39 is 0 Å². The van der Waals surface area contributed by atoms with Crippen LogP contribution in [0.3, 0.4) is 0 Å². The molecule has 2 fully saturated rings. The molecule has 1 N–H and O–H groups in total. The second kappa shape index (κ2) is 9.15. The first-order chi connectivity index (χ1) is 10.2. The van der Waals surface area contributed by atoms with Gasteiger partial charge in [-0.3, -0.25) is 0 Å². The Morgan fingerprint density at radius 1 is 1.14 bits per heavy atom. The lowest BCUT2D eigenvalue weighted by atomic mass is 9.97. The predicted molar refractivity (Wildman–Crippen MR) is 93.4 cm³/mol. The van der Waals surface area contributed by atoms with Crippen LogP contribution in [0.15, 0.2) is 11.5 Å². The zero-order chi connectivity index (χ0) is 15.1. The molecule has 0 spiro atoms. The molecule has 0 bridgehead atoms. The van der Waals surface area contributed by atoms with Gasteiger partial charge in [0.05, 0.1) is 18.8 Å². The first-order valence-electron chi connectivity index (χ1n) is 7.96. The molecule has 4 heteroatoms. The maximum Gasteiger partial charge on any atom is 0.0774 e. The summed E-state index contributed by atoms with van der Waals surface area (Å²) in [5.74, 6) is 0. The van der Waals surface area contributed by atoms with Crippen molar-refractivity contribution in [3.05, 3.63) is 11.5 Å². The van der Waals surface area contributed by atoms with E-state index in [2.05, 4.69) is 11.8 Å². The van der Waals surface area contributed by atoms with Crippen molar-refractivity contribution in [2.75, 3.05) is 6.61 Å². The van der Waals surface area contributed by atoms with Crippen molar-refractivity contribution in [2.45, 2.75) is 74.1 Å². The van der Waals surface area contributed by atoms with Gasteiger partial charge in [0.25, 0.3) is 0 Å². The molecule has 0 aliphatic heterocycles. The number of ether oxygens (including phenoxy) is 1. The molecule has 0 aromatic heterocycles. The minimum absolute atomic E-state index is 0.181.